The molecule has 7 nitrogen and oxygen atoms in total. The van der Waals surface area contributed by atoms with Gasteiger partial charge in [0, 0.05) is 31.7 Å². The SMILES string of the molecule is FC(F)(F)c1ccc(-c2noc(CN3CCN(c4ncnc5sccc45)CC3)n2)cc1. The fourth-order valence-electron chi connectivity index (χ4n) is 3.58. The van der Waals surface area contributed by atoms with E-state index in [2.05, 4.69) is 29.9 Å². The molecule has 31 heavy (non-hydrogen) atoms. The van der Waals surface area contributed by atoms with E-state index < -0.39 is 11.7 Å². The van der Waals surface area contributed by atoms with Crippen molar-refractivity contribution in [1.29, 1.82) is 0 Å². The Balaban J connectivity index is 1.21. The maximum atomic E-state index is 12.7. The van der Waals surface area contributed by atoms with Crippen LogP contribution >= 0.6 is 11.3 Å². The second-order valence-electron chi connectivity index (χ2n) is 7.19. The van der Waals surface area contributed by atoms with E-state index in [1.807, 2.05) is 11.4 Å². The van der Waals surface area contributed by atoms with E-state index in [1.165, 1.54) is 12.1 Å². The first-order valence-corrected chi connectivity index (χ1v) is 10.5. The third-order valence-electron chi connectivity index (χ3n) is 5.21. The Hall–Kier alpha value is -3.05. The Kier molecular flexibility index (Phi) is 5.06. The Morgan fingerprint density at radius 3 is 2.52 bits per heavy atom. The number of piperazine rings is 1. The molecule has 1 aromatic carbocycles. The highest BCUT2D eigenvalue weighted by Crippen LogP contribution is 2.31. The van der Waals surface area contributed by atoms with E-state index in [9.17, 15) is 13.2 Å². The second-order valence-corrected chi connectivity index (χ2v) is 8.08. The number of nitrogens with zero attached hydrogens (tertiary/aromatic N) is 6. The van der Waals surface area contributed by atoms with Crippen LogP contribution in [-0.2, 0) is 12.7 Å². The number of hydrogen-bond donors (Lipinski definition) is 0. The molecular formula is C20H17F3N6OS. The molecule has 160 valence electrons. The fraction of sp³-hybridized carbons (Fsp3) is 0.300. The molecule has 0 amide bonds. The van der Waals surface area contributed by atoms with E-state index in [-0.39, 0.29) is 5.82 Å². The summed E-state index contributed by atoms with van der Waals surface area (Å²) in [5.41, 5.74) is -0.224. The molecule has 0 saturated carbocycles. The van der Waals surface area contributed by atoms with Crippen LogP contribution in [0.2, 0.25) is 0 Å². The van der Waals surface area contributed by atoms with Gasteiger partial charge in [-0.1, -0.05) is 17.3 Å². The van der Waals surface area contributed by atoms with Crippen molar-refractivity contribution in [3.63, 3.8) is 0 Å². The number of alkyl halides is 3. The first-order chi connectivity index (χ1) is 15.0. The van der Waals surface area contributed by atoms with Gasteiger partial charge in [-0.15, -0.1) is 11.3 Å². The smallest absolute Gasteiger partial charge is 0.353 e. The Morgan fingerprint density at radius 1 is 1.00 bits per heavy atom. The first kappa shape index (κ1) is 19.9. The number of benzene rings is 1. The van der Waals surface area contributed by atoms with E-state index in [0.717, 1.165) is 54.3 Å². The van der Waals surface area contributed by atoms with E-state index in [4.69, 9.17) is 4.52 Å². The van der Waals surface area contributed by atoms with Crippen molar-refractivity contribution < 1.29 is 17.7 Å². The van der Waals surface area contributed by atoms with Crippen LogP contribution in [0.3, 0.4) is 0 Å². The van der Waals surface area contributed by atoms with Crippen molar-refractivity contribution in [1.82, 2.24) is 25.0 Å². The summed E-state index contributed by atoms with van der Waals surface area (Å²) in [5.74, 6) is 1.67. The Bertz CT molecular complexity index is 1180. The zero-order valence-corrected chi connectivity index (χ0v) is 17.0. The van der Waals surface area contributed by atoms with E-state index in [1.54, 1.807) is 17.7 Å². The highest BCUT2D eigenvalue weighted by molar-refractivity contribution is 7.16. The molecule has 0 atom stereocenters. The van der Waals surface area contributed by atoms with Crippen LogP contribution in [0.15, 0.2) is 46.6 Å². The van der Waals surface area contributed by atoms with E-state index in [0.29, 0.717) is 18.0 Å². The number of fused-ring (bicyclic) bond motifs is 1. The third kappa shape index (κ3) is 4.10. The van der Waals surface area contributed by atoms with Gasteiger partial charge in [0.25, 0.3) is 0 Å². The number of aromatic nitrogens is 4. The highest BCUT2D eigenvalue weighted by Gasteiger charge is 2.30. The molecule has 0 bridgehead atoms. The normalized spacial score (nSPS) is 15.6. The average Bonchev–Trinajstić information content (AvgIpc) is 3.43. The highest BCUT2D eigenvalue weighted by atomic mass is 32.1. The van der Waals surface area contributed by atoms with Gasteiger partial charge in [0.1, 0.15) is 17.0 Å². The summed E-state index contributed by atoms with van der Waals surface area (Å²) >= 11 is 1.60. The standard InChI is InChI=1S/C20H17F3N6OS/c21-20(22,23)14-3-1-13(2-4-14)17-26-16(30-27-17)11-28-6-8-29(9-7-28)18-15-5-10-31-19(15)25-12-24-18/h1-5,10,12H,6-9,11H2. The monoisotopic (exact) mass is 446 g/mol. The molecular weight excluding hydrogens is 429 g/mol. The Labute approximate surface area is 179 Å². The van der Waals surface area contributed by atoms with Crippen LogP contribution in [0.4, 0.5) is 19.0 Å². The molecule has 3 aromatic heterocycles. The summed E-state index contributed by atoms with van der Waals surface area (Å²) < 4.78 is 43.5. The summed E-state index contributed by atoms with van der Waals surface area (Å²) in [7, 11) is 0. The van der Waals surface area contributed by atoms with Crippen LogP contribution in [-0.4, -0.2) is 51.2 Å². The number of rotatable bonds is 4. The van der Waals surface area contributed by atoms with Gasteiger partial charge < -0.3 is 9.42 Å². The minimum Gasteiger partial charge on any atom is -0.353 e. The van der Waals surface area contributed by atoms with Gasteiger partial charge in [-0.3, -0.25) is 4.90 Å². The molecule has 1 aliphatic rings. The molecule has 4 heterocycles. The summed E-state index contributed by atoms with van der Waals surface area (Å²) in [6.45, 7) is 3.70. The third-order valence-corrected chi connectivity index (χ3v) is 6.03. The summed E-state index contributed by atoms with van der Waals surface area (Å²) in [4.78, 5) is 18.5. The van der Waals surface area contributed by atoms with Crippen LogP contribution < -0.4 is 4.90 Å². The van der Waals surface area contributed by atoms with Crippen molar-refractivity contribution in [3.05, 3.63) is 53.5 Å². The quantitative estimate of drug-likeness (QED) is 0.468. The minimum absolute atomic E-state index is 0.281. The van der Waals surface area contributed by atoms with Gasteiger partial charge in [0.2, 0.25) is 11.7 Å². The summed E-state index contributed by atoms with van der Waals surface area (Å²) in [6, 6.07) is 6.78. The molecule has 0 radical (unpaired) electrons. The molecule has 0 N–H and O–H groups in total. The lowest BCUT2D eigenvalue weighted by Gasteiger charge is -2.34. The molecule has 4 aromatic rings. The Morgan fingerprint density at radius 2 is 1.77 bits per heavy atom. The van der Waals surface area contributed by atoms with Crippen molar-refractivity contribution >= 4 is 27.4 Å². The van der Waals surface area contributed by atoms with Crippen LogP contribution in [0, 0.1) is 0 Å². The lowest BCUT2D eigenvalue weighted by atomic mass is 10.1. The predicted octanol–water partition coefficient (Wildman–Crippen LogP) is 4.08. The number of anilines is 1. The molecule has 0 aliphatic carbocycles. The molecule has 5 rings (SSSR count). The summed E-state index contributed by atoms with van der Waals surface area (Å²) in [6.07, 6.45) is -2.77. The van der Waals surface area contributed by atoms with Gasteiger partial charge in [0.05, 0.1) is 17.5 Å². The largest absolute Gasteiger partial charge is 0.416 e. The molecule has 0 unspecified atom stereocenters. The van der Waals surface area contributed by atoms with Crippen molar-refractivity contribution in [2.45, 2.75) is 12.7 Å². The number of hydrogen-bond acceptors (Lipinski definition) is 8. The maximum absolute atomic E-state index is 12.7. The molecule has 11 heteroatoms. The van der Waals surface area contributed by atoms with Gasteiger partial charge in [0.15, 0.2) is 0 Å². The zero-order valence-electron chi connectivity index (χ0n) is 16.2. The maximum Gasteiger partial charge on any atom is 0.416 e. The lowest BCUT2D eigenvalue weighted by Crippen LogP contribution is -2.46. The number of thiophene rings is 1. The fourth-order valence-corrected chi connectivity index (χ4v) is 4.31. The van der Waals surface area contributed by atoms with Crippen LogP contribution in [0.5, 0.6) is 0 Å². The van der Waals surface area contributed by atoms with Gasteiger partial charge >= 0.3 is 6.18 Å². The van der Waals surface area contributed by atoms with Crippen molar-refractivity contribution in [3.8, 4) is 11.4 Å². The minimum atomic E-state index is -4.37. The zero-order chi connectivity index (χ0) is 21.4. The topological polar surface area (TPSA) is 71.2 Å². The average molecular weight is 446 g/mol. The summed E-state index contributed by atoms with van der Waals surface area (Å²) in [5, 5.41) is 7.00. The van der Waals surface area contributed by atoms with Crippen LogP contribution in [0.1, 0.15) is 11.5 Å². The van der Waals surface area contributed by atoms with Crippen molar-refractivity contribution in [2.75, 3.05) is 31.1 Å². The van der Waals surface area contributed by atoms with Gasteiger partial charge in [-0.2, -0.15) is 18.2 Å². The van der Waals surface area contributed by atoms with Gasteiger partial charge in [-0.05, 0) is 23.6 Å². The van der Waals surface area contributed by atoms with Gasteiger partial charge in [-0.25, -0.2) is 9.97 Å². The second kappa shape index (κ2) is 7.89. The van der Waals surface area contributed by atoms with Crippen molar-refractivity contribution in [2.24, 2.45) is 0 Å². The van der Waals surface area contributed by atoms with E-state index >= 15 is 0 Å². The molecule has 1 fully saturated rings. The lowest BCUT2D eigenvalue weighted by molar-refractivity contribution is -0.137. The first-order valence-electron chi connectivity index (χ1n) is 9.63. The molecule has 0 spiro atoms. The molecule has 1 saturated heterocycles. The molecule has 1 aliphatic heterocycles. The van der Waals surface area contributed by atoms with Crippen LogP contribution in [0.25, 0.3) is 21.6 Å². The number of halogens is 3. The predicted molar refractivity (Wildman–Crippen MR) is 110 cm³/mol.